The van der Waals surface area contributed by atoms with Gasteiger partial charge < -0.3 is 25.3 Å². The van der Waals surface area contributed by atoms with Crippen LogP contribution in [0.25, 0.3) is 32.9 Å². The molecule has 1 aliphatic heterocycles. The van der Waals surface area contributed by atoms with Crippen LogP contribution in [0.3, 0.4) is 0 Å². The average Bonchev–Trinajstić information content (AvgIpc) is 3.22. The molecule has 1 aromatic heterocycles. The molecule has 0 unspecified atom stereocenters. The van der Waals surface area contributed by atoms with Crippen LogP contribution in [0, 0.1) is 0 Å². The van der Waals surface area contributed by atoms with Crippen molar-refractivity contribution < 1.29 is 14.3 Å². The van der Waals surface area contributed by atoms with Crippen molar-refractivity contribution in [3.63, 3.8) is 0 Å². The highest BCUT2D eigenvalue weighted by molar-refractivity contribution is 6.12. The van der Waals surface area contributed by atoms with Gasteiger partial charge in [-0.05, 0) is 66.2 Å². The first-order chi connectivity index (χ1) is 16.4. The number of amides is 2. The van der Waals surface area contributed by atoms with E-state index in [-0.39, 0.29) is 12.3 Å². The Balaban J connectivity index is 1.64. The van der Waals surface area contributed by atoms with Gasteiger partial charge in [-0.3, -0.25) is 9.59 Å². The first-order valence-corrected chi connectivity index (χ1v) is 11.4. The molecule has 7 heteroatoms. The van der Waals surface area contributed by atoms with Crippen molar-refractivity contribution in [3.05, 3.63) is 65.7 Å². The number of nitrogens with two attached hydrogens (primary N) is 1. The van der Waals surface area contributed by atoms with Crippen molar-refractivity contribution in [2.75, 3.05) is 40.3 Å². The van der Waals surface area contributed by atoms with Crippen LogP contribution in [0.2, 0.25) is 0 Å². The quantitative estimate of drug-likeness (QED) is 0.481. The number of carbonyl (C=O) groups excluding carboxylic acids is 2. The van der Waals surface area contributed by atoms with Crippen molar-refractivity contribution in [2.24, 2.45) is 5.73 Å². The number of likely N-dealkylation sites (N-methyl/N-ethyl adjacent to an activating group) is 1. The van der Waals surface area contributed by atoms with Gasteiger partial charge in [0.15, 0.2) is 0 Å². The molecule has 4 aromatic rings. The lowest BCUT2D eigenvalue weighted by atomic mass is 9.97. The summed E-state index contributed by atoms with van der Waals surface area (Å²) in [4.78, 5) is 32.6. The van der Waals surface area contributed by atoms with Gasteiger partial charge in [0.2, 0.25) is 5.91 Å². The second-order valence-electron chi connectivity index (χ2n) is 8.91. The Morgan fingerprint density at radius 1 is 0.971 bits per heavy atom. The van der Waals surface area contributed by atoms with Gasteiger partial charge >= 0.3 is 0 Å². The minimum atomic E-state index is -0.395. The lowest BCUT2D eigenvalue weighted by Gasteiger charge is -2.32. The number of ether oxygens (including phenoxy) is 1. The number of benzene rings is 3. The monoisotopic (exact) mass is 456 g/mol. The minimum Gasteiger partial charge on any atom is -0.497 e. The van der Waals surface area contributed by atoms with Crippen LogP contribution in [0.15, 0.2) is 54.6 Å². The summed E-state index contributed by atoms with van der Waals surface area (Å²) in [6.07, 6.45) is 0.119. The zero-order valence-electron chi connectivity index (χ0n) is 19.4. The van der Waals surface area contributed by atoms with Crippen LogP contribution in [-0.2, 0) is 11.2 Å². The van der Waals surface area contributed by atoms with E-state index in [4.69, 9.17) is 10.5 Å². The molecule has 3 aromatic carbocycles. The zero-order valence-corrected chi connectivity index (χ0v) is 19.4. The second kappa shape index (κ2) is 8.83. The molecule has 0 spiro atoms. The molecular formula is C27H28N4O3. The Kier molecular flexibility index (Phi) is 5.71. The van der Waals surface area contributed by atoms with Crippen molar-refractivity contribution in [1.29, 1.82) is 0 Å². The fourth-order valence-electron chi connectivity index (χ4n) is 4.69. The van der Waals surface area contributed by atoms with Crippen molar-refractivity contribution in [1.82, 2.24) is 14.8 Å². The first kappa shape index (κ1) is 22.0. The van der Waals surface area contributed by atoms with Gasteiger partial charge in [0.1, 0.15) is 5.75 Å². The predicted molar refractivity (Wildman–Crippen MR) is 134 cm³/mol. The molecule has 0 atom stereocenters. The maximum absolute atomic E-state index is 13.2. The fraction of sp³-hybridized carbons (Fsp3) is 0.259. The molecule has 1 fully saturated rings. The molecule has 0 bridgehead atoms. The minimum absolute atomic E-state index is 0.0469. The van der Waals surface area contributed by atoms with Crippen molar-refractivity contribution in [3.8, 4) is 16.9 Å². The van der Waals surface area contributed by atoms with Gasteiger partial charge in [-0.25, -0.2) is 0 Å². The molecular weight excluding hydrogens is 428 g/mol. The number of nitrogens with zero attached hydrogens (tertiary/aromatic N) is 2. The van der Waals surface area contributed by atoms with Crippen LogP contribution >= 0.6 is 0 Å². The number of aromatic amines is 1. The predicted octanol–water partition coefficient (Wildman–Crippen LogP) is 3.41. The maximum Gasteiger partial charge on any atom is 0.253 e. The lowest BCUT2D eigenvalue weighted by Crippen LogP contribution is -2.47. The summed E-state index contributed by atoms with van der Waals surface area (Å²) < 4.78 is 5.39. The highest BCUT2D eigenvalue weighted by atomic mass is 16.5. The Labute approximate surface area is 198 Å². The van der Waals surface area contributed by atoms with Gasteiger partial charge in [-0.15, -0.1) is 0 Å². The Hall–Kier alpha value is -3.84. The molecule has 7 nitrogen and oxygen atoms in total. The number of aromatic nitrogens is 1. The number of carbonyl (C=O) groups is 2. The normalized spacial score (nSPS) is 14.6. The largest absolute Gasteiger partial charge is 0.497 e. The highest BCUT2D eigenvalue weighted by Gasteiger charge is 2.21. The molecule has 174 valence electrons. The topological polar surface area (TPSA) is 91.7 Å². The number of primary amides is 1. The molecule has 1 aliphatic rings. The standard InChI is InChI=1S/C27H28N4O3/c1-30-8-10-31(11-9-30)27(33)18-6-7-24-22(14-18)23-15-19(17-4-3-5-21(13-17)34-2)12-20(16-25(28)32)26(23)29-24/h3-7,12-15,29H,8-11,16H2,1-2H3,(H2,28,32). The van der Waals surface area contributed by atoms with Crippen LogP contribution in [0.4, 0.5) is 0 Å². The Morgan fingerprint density at radius 3 is 2.50 bits per heavy atom. The lowest BCUT2D eigenvalue weighted by molar-refractivity contribution is -0.117. The smallest absolute Gasteiger partial charge is 0.253 e. The molecule has 2 amide bonds. The van der Waals surface area contributed by atoms with Gasteiger partial charge in [0.05, 0.1) is 19.0 Å². The van der Waals surface area contributed by atoms with Crippen LogP contribution in [0.5, 0.6) is 5.75 Å². The third-order valence-electron chi connectivity index (χ3n) is 6.59. The number of piperazine rings is 1. The van der Waals surface area contributed by atoms with Crippen molar-refractivity contribution in [2.45, 2.75) is 6.42 Å². The number of nitrogens with one attached hydrogen (secondary N) is 1. The number of fused-ring (bicyclic) bond motifs is 3. The Morgan fingerprint density at radius 2 is 1.76 bits per heavy atom. The third-order valence-corrected chi connectivity index (χ3v) is 6.59. The van der Waals surface area contributed by atoms with Crippen LogP contribution in [0.1, 0.15) is 15.9 Å². The van der Waals surface area contributed by atoms with E-state index >= 15 is 0 Å². The first-order valence-electron chi connectivity index (χ1n) is 11.4. The van der Waals surface area contributed by atoms with Gasteiger partial charge in [-0.2, -0.15) is 0 Å². The van der Waals surface area contributed by atoms with E-state index in [9.17, 15) is 9.59 Å². The average molecular weight is 457 g/mol. The van der Waals surface area contributed by atoms with E-state index in [2.05, 4.69) is 23.0 Å². The van der Waals surface area contributed by atoms with E-state index < -0.39 is 5.91 Å². The number of hydrogen-bond acceptors (Lipinski definition) is 4. The van der Waals surface area contributed by atoms with Gasteiger partial charge in [-0.1, -0.05) is 12.1 Å². The van der Waals surface area contributed by atoms with Crippen molar-refractivity contribution >= 4 is 33.6 Å². The summed E-state index contributed by atoms with van der Waals surface area (Å²) in [6.45, 7) is 3.21. The van der Waals surface area contributed by atoms with E-state index in [1.807, 2.05) is 53.4 Å². The summed E-state index contributed by atoms with van der Waals surface area (Å²) >= 11 is 0. The molecule has 0 radical (unpaired) electrons. The summed E-state index contributed by atoms with van der Waals surface area (Å²) in [7, 11) is 3.71. The van der Waals surface area contributed by atoms with Gasteiger partial charge in [0, 0.05) is 48.0 Å². The second-order valence-corrected chi connectivity index (χ2v) is 8.91. The fourth-order valence-corrected chi connectivity index (χ4v) is 4.69. The number of rotatable bonds is 5. The molecule has 2 heterocycles. The molecule has 34 heavy (non-hydrogen) atoms. The number of H-pyrrole nitrogens is 1. The van der Waals surface area contributed by atoms with E-state index in [1.165, 1.54) is 0 Å². The summed E-state index contributed by atoms with van der Waals surface area (Å²) in [5.41, 5.74) is 10.8. The Bertz CT molecular complexity index is 1400. The molecule has 0 aliphatic carbocycles. The molecule has 1 saturated heterocycles. The maximum atomic E-state index is 13.2. The van der Waals surface area contributed by atoms with Gasteiger partial charge in [0.25, 0.3) is 5.91 Å². The summed E-state index contributed by atoms with van der Waals surface area (Å²) in [5.74, 6) is 0.410. The molecule has 0 saturated carbocycles. The van der Waals surface area contributed by atoms with Crippen LogP contribution in [-0.4, -0.2) is 66.9 Å². The van der Waals surface area contributed by atoms with E-state index in [1.54, 1.807) is 7.11 Å². The summed E-state index contributed by atoms with van der Waals surface area (Å²) in [6, 6.07) is 17.7. The number of methoxy groups -OCH3 is 1. The van der Waals surface area contributed by atoms with E-state index in [0.29, 0.717) is 5.56 Å². The highest BCUT2D eigenvalue weighted by Crippen LogP contribution is 2.34. The molecule has 3 N–H and O–H groups in total. The SMILES string of the molecule is COc1cccc(-c2cc(CC(N)=O)c3[nH]c4ccc(C(=O)N5CCN(C)CC5)cc4c3c2)c1. The number of hydrogen-bond donors (Lipinski definition) is 2. The van der Waals surface area contributed by atoms with E-state index in [0.717, 1.165) is 70.4 Å². The summed E-state index contributed by atoms with van der Waals surface area (Å²) in [5, 5.41) is 1.91. The third kappa shape index (κ3) is 4.10. The molecule has 5 rings (SSSR count). The zero-order chi connectivity index (χ0) is 23.8. The van der Waals surface area contributed by atoms with Crippen LogP contribution < -0.4 is 10.5 Å².